The van der Waals surface area contributed by atoms with Crippen LogP contribution in [0.4, 0.5) is 5.69 Å². The number of halogens is 1. The number of ketones is 1. The first-order valence-corrected chi connectivity index (χ1v) is 6.12. The second-order valence-corrected chi connectivity index (χ2v) is 4.95. The third-order valence-electron chi connectivity index (χ3n) is 2.43. The zero-order valence-corrected chi connectivity index (χ0v) is 10.4. The summed E-state index contributed by atoms with van der Waals surface area (Å²) >= 11 is 7.40. The van der Waals surface area contributed by atoms with Crippen molar-refractivity contribution in [2.24, 2.45) is 0 Å². The number of carbonyl (C=O) groups excluding carboxylic acids is 1. The van der Waals surface area contributed by atoms with Crippen molar-refractivity contribution in [3.8, 4) is 0 Å². The van der Waals surface area contributed by atoms with Gasteiger partial charge in [-0.1, -0.05) is 0 Å². The minimum Gasteiger partial charge on any atom is -0.298 e. The summed E-state index contributed by atoms with van der Waals surface area (Å²) in [7, 11) is 0. The van der Waals surface area contributed by atoms with Gasteiger partial charge in [0.15, 0.2) is 5.78 Å². The molecule has 17 heavy (non-hydrogen) atoms. The lowest BCUT2D eigenvalue weighted by atomic mass is 10.1. The molecule has 0 saturated carbocycles. The fourth-order valence-corrected chi connectivity index (χ4v) is 2.79. The van der Waals surface area contributed by atoms with Crippen LogP contribution in [0.2, 0.25) is 0 Å². The SMILES string of the molecule is CC(=O)C(Cl)c1csc2ccc([N+](=O)[O-])cc12. The van der Waals surface area contributed by atoms with Gasteiger partial charge in [0.1, 0.15) is 5.38 Å². The summed E-state index contributed by atoms with van der Waals surface area (Å²) in [5, 5.41) is 12.4. The Balaban J connectivity index is 2.61. The van der Waals surface area contributed by atoms with Gasteiger partial charge in [0.25, 0.3) is 5.69 Å². The maximum Gasteiger partial charge on any atom is 0.270 e. The van der Waals surface area contributed by atoms with E-state index in [1.807, 2.05) is 0 Å². The van der Waals surface area contributed by atoms with Crippen molar-refractivity contribution in [1.82, 2.24) is 0 Å². The highest BCUT2D eigenvalue weighted by molar-refractivity contribution is 7.17. The van der Waals surface area contributed by atoms with E-state index in [1.54, 1.807) is 11.4 Å². The number of rotatable bonds is 3. The van der Waals surface area contributed by atoms with Crippen molar-refractivity contribution in [3.63, 3.8) is 0 Å². The molecule has 0 spiro atoms. The molecule has 0 aliphatic heterocycles. The first-order valence-electron chi connectivity index (χ1n) is 4.80. The highest BCUT2D eigenvalue weighted by Crippen LogP contribution is 2.35. The number of alkyl halides is 1. The molecule has 0 saturated heterocycles. The van der Waals surface area contributed by atoms with E-state index in [-0.39, 0.29) is 11.5 Å². The number of non-ortho nitro benzene ring substituents is 1. The molecule has 1 aromatic carbocycles. The van der Waals surface area contributed by atoms with Crippen LogP contribution in [-0.2, 0) is 4.79 Å². The first kappa shape index (κ1) is 12.0. The number of nitro benzene ring substituents is 1. The molecule has 0 aliphatic carbocycles. The topological polar surface area (TPSA) is 60.2 Å². The van der Waals surface area contributed by atoms with Crippen LogP contribution in [0.1, 0.15) is 17.9 Å². The van der Waals surface area contributed by atoms with Crippen LogP contribution in [0, 0.1) is 10.1 Å². The fraction of sp³-hybridized carbons (Fsp3) is 0.182. The van der Waals surface area contributed by atoms with E-state index in [4.69, 9.17) is 11.6 Å². The molecule has 1 heterocycles. The molecule has 0 radical (unpaired) electrons. The molecule has 1 unspecified atom stereocenters. The quantitative estimate of drug-likeness (QED) is 0.485. The Morgan fingerprint density at radius 2 is 2.24 bits per heavy atom. The molecule has 0 amide bonds. The number of benzene rings is 1. The third kappa shape index (κ3) is 2.16. The Labute approximate surface area is 106 Å². The van der Waals surface area contributed by atoms with Crippen LogP contribution in [0.25, 0.3) is 10.1 Å². The predicted octanol–water partition coefficient (Wildman–Crippen LogP) is 3.68. The highest BCUT2D eigenvalue weighted by atomic mass is 35.5. The van der Waals surface area contributed by atoms with Gasteiger partial charge in [-0.2, -0.15) is 0 Å². The Morgan fingerprint density at radius 3 is 2.82 bits per heavy atom. The molecule has 2 rings (SSSR count). The molecule has 4 nitrogen and oxygen atoms in total. The average Bonchev–Trinajstić information content (AvgIpc) is 2.70. The van der Waals surface area contributed by atoms with Crippen LogP contribution in [-0.4, -0.2) is 10.7 Å². The average molecular weight is 270 g/mol. The number of hydrogen-bond acceptors (Lipinski definition) is 4. The summed E-state index contributed by atoms with van der Waals surface area (Å²) in [6.45, 7) is 1.40. The Kier molecular flexibility index (Phi) is 3.13. The minimum atomic E-state index is -0.745. The molecule has 0 N–H and O–H groups in total. The van der Waals surface area contributed by atoms with E-state index >= 15 is 0 Å². The van der Waals surface area contributed by atoms with Crippen molar-refractivity contribution in [2.75, 3.05) is 0 Å². The number of Topliss-reactive ketones (excluding diaryl/α,β-unsaturated/α-hetero) is 1. The standard InChI is InChI=1S/C11H8ClNO3S/c1-6(14)11(12)9-5-17-10-3-2-7(13(15)16)4-8(9)10/h2-5,11H,1H3. The molecule has 88 valence electrons. The molecule has 0 bridgehead atoms. The monoisotopic (exact) mass is 269 g/mol. The van der Waals surface area contributed by atoms with Gasteiger partial charge in [-0.3, -0.25) is 14.9 Å². The maximum atomic E-state index is 11.2. The normalized spacial score (nSPS) is 12.6. The van der Waals surface area contributed by atoms with Gasteiger partial charge in [0, 0.05) is 22.2 Å². The fourth-order valence-electron chi connectivity index (χ4n) is 1.57. The Morgan fingerprint density at radius 1 is 1.53 bits per heavy atom. The smallest absolute Gasteiger partial charge is 0.270 e. The third-order valence-corrected chi connectivity index (χ3v) is 3.95. The molecule has 1 aromatic heterocycles. The lowest BCUT2D eigenvalue weighted by Gasteiger charge is -2.03. The Bertz CT molecular complexity index is 608. The molecule has 0 aliphatic rings. The van der Waals surface area contributed by atoms with E-state index in [0.717, 1.165) is 4.70 Å². The van der Waals surface area contributed by atoms with Crippen LogP contribution in [0.3, 0.4) is 0 Å². The molecule has 6 heteroatoms. The zero-order chi connectivity index (χ0) is 12.6. The highest BCUT2D eigenvalue weighted by Gasteiger charge is 2.19. The van der Waals surface area contributed by atoms with Crippen LogP contribution in [0.15, 0.2) is 23.6 Å². The number of carbonyl (C=O) groups is 1. The van der Waals surface area contributed by atoms with Crippen molar-refractivity contribution >= 4 is 44.5 Å². The van der Waals surface area contributed by atoms with Crippen LogP contribution in [0.5, 0.6) is 0 Å². The molecule has 1 atom stereocenters. The van der Waals surface area contributed by atoms with E-state index in [9.17, 15) is 14.9 Å². The lowest BCUT2D eigenvalue weighted by molar-refractivity contribution is -0.384. The number of hydrogen-bond donors (Lipinski definition) is 0. The maximum absolute atomic E-state index is 11.2. The summed E-state index contributed by atoms with van der Waals surface area (Å²) in [6.07, 6.45) is 0. The van der Waals surface area contributed by atoms with E-state index in [1.165, 1.54) is 30.4 Å². The van der Waals surface area contributed by atoms with E-state index in [2.05, 4.69) is 0 Å². The largest absolute Gasteiger partial charge is 0.298 e. The summed E-state index contributed by atoms with van der Waals surface area (Å²) in [6, 6.07) is 4.57. The molecule has 2 aromatic rings. The van der Waals surface area contributed by atoms with Gasteiger partial charge in [-0.25, -0.2) is 0 Å². The first-order chi connectivity index (χ1) is 8.00. The van der Waals surface area contributed by atoms with Gasteiger partial charge >= 0.3 is 0 Å². The molecular formula is C11H8ClNO3S. The Hall–Kier alpha value is -1.46. The molecule has 0 fully saturated rings. The number of fused-ring (bicyclic) bond motifs is 1. The molecular weight excluding hydrogens is 262 g/mol. The van der Waals surface area contributed by atoms with E-state index < -0.39 is 10.3 Å². The number of nitro groups is 1. The summed E-state index contributed by atoms with van der Waals surface area (Å²) in [4.78, 5) is 21.5. The van der Waals surface area contributed by atoms with Crippen molar-refractivity contribution in [1.29, 1.82) is 0 Å². The minimum absolute atomic E-state index is 0.00423. The van der Waals surface area contributed by atoms with Gasteiger partial charge in [0.05, 0.1) is 4.92 Å². The summed E-state index contributed by atoms with van der Waals surface area (Å²) < 4.78 is 0.887. The van der Waals surface area contributed by atoms with Crippen LogP contribution < -0.4 is 0 Å². The van der Waals surface area contributed by atoms with Crippen molar-refractivity contribution in [2.45, 2.75) is 12.3 Å². The lowest BCUT2D eigenvalue weighted by Crippen LogP contribution is -2.00. The zero-order valence-electron chi connectivity index (χ0n) is 8.84. The van der Waals surface area contributed by atoms with Crippen LogP contribution >= 0.6 is 22.9 Å². The van der Waals surface area contributed by atoms with Gasteiger partial charge in [-0.05, 0) is 23.9 Å². The van der Waals surface area contributed by atoms with Gasteiger partial charge in [-0.15, -0.1) is 22.9 Å². The summed E-state index contributed by atoms with van der Waals surface area (Å²) in [5.74, 6) is -0.169. The second kappa shape index (κ2) is 4.43. The van der Waals surface area contributed by atoms with Crippen molar-refractivity contribution < 1.29 is 9.72 Å². The number of thiophene rings is 1. The van der Waals surface area contributed by atoms with Crippen molar-refractivity contribution in [3.05, 3.63) is 39.3 Å². The van der Waals surface area contributed by atoms with Gasteiger partial charge in [0.2, 0.25) is 0 Å². The predicted molar refractivity (Wildman–Crippen MR) is 67.8 cm³/mol. The second-order valence-electron chi connectivity index (χ2n) is 3.60. The number of nitrogens with zero attached hydrogens (tertiary/aromatic N) is 1. The van der Waals surface area contributed by atoms with E-state index in [0.29, 0.717) is 10.9 Å². The van der Waals surface area contributed by atoms with Gasteiger partial charge < -0.3 is 0 Å². The summed E-state index contributed by atoms with van der Waals surface area (Å²) in [5.41, 5.74) is 0.646.